The van der Waals surface area contributed by atoms with Gasteiger partial charge in [0.05, 0.1) is 5.69 Å². The molecule has 0 saturated heterocycles. The van der Waals surface area contributed by atoms with Crippen LogP contribution in [-0.2, 0) is 12.8 Å². The van der Waals surface area contributed by atoms with Crippen molar-refractivity contribution in [3.05, 3.63) is 77.7 Å². The summed E-state index contributed by atoms with van der Waals surface area (Å²) in [5.74, 6) is -0.191. The van der Waals surface area contributed by atoms with Gasteiger partial charge in [0.25, 0.3) is 0 Å². The highest BCUT2D eigenvalue weighted by Gasteiger charge is 2.08. The third-order valence-electron chi connectivity index (χ3n) is 5.00. The monoisotopic (exact) mass is 361 g/mol. The number of halogens is 1. The number of aromatic nitrogens is 1. The summed E-state index contributed by atoms with van der Waals surface area (Å²) in [4.78, 5) is 4.51. The van der Waals surface area contributed by atoms with Crippen LogP contribution in [0, 0.1) is 5.82 Å². The van der Waals surface area contributed by atoms with Gasteiger partial charge in [0.15, 0.2) is 0 Å². The molecule has 1 nitrogen and oxygen atoms in total. The van der Waals surface area contributed by atoms with Crippen LogP contribution in [0.2, 0.25) is 0 Å². The first kappa shape index (κ1) is 19.3. The lowest BCUT2D eigenvalue weighted by atomic mass is 10.0. The number of rotatable bonds is 8. The van der Waals surface area contributed by atoms with Crippen LogP contribution in [0.4, 0.5) is 4.39 Å². The molecule has 0 aliphatic carbocycles. The molecule has 0 N–H and O–H groups in total. The van der Waals surface area contributed by atoms with E-state index in [4.69, 9.17) is 0 Å². The summed E-state index contributed by atoms with van der Waals surface area (Å²) in [6.45, 7) is 4.36. The van der Waals surface area contributed by atoms with Crippen LogP contribution in [0.3, 0.4) is 0 Å². The predicted octanol–water partition coefficient (Wildman–Crippen LogP) is 7.24. The Kier molecular flexibility index (Phi) is 6.75. The Labute approximate surface area is 162 Å². The molecule has 0 atom stereocenters. The first-order valence-corrected chi connectivity index (χ1v) is 10.1. The smallest absolute Gasteiger partial charge is 0.132 e. The van der Waals surface area contributed by atoms with Crippen molar-refractivity contribution >= 4 is 0 Å². The number of benzene rings is 2. The van der Waals surface area contributed by atoms with Crippen LogP contribution in [0.1, 0.15) is 50.7 Å². The van der Waals surface area contributed by atoms with E-state index < -0.39 is 0 Å². The highest BCUT2D eigenvalue weighted by atomic mass is 19.1. The fourth-order valence-electron chi connectivity index (χ4n) is 3.27. The van der Waals surface area contributed by atoms with Crippen molar-refractivity contribution in [1.82, 2.24) is 4.98 Å². The van der Waals surface area contributed by atoms with Gasteiger partial charge in [0.1, 0.15) is 5.82 Å². The van der Waals surface area contributed by atoms with Gasteiger partial charge in [-0.25, -0.2) is 4.39 Å². The molecule has 140 valence electrons. The van der Waals surface area contributed by atoms with Gasteiger partial charge in [-0.1, -0.05) is 63.1 Å². The maximum Gasteiger partial charge on any atom is 0.132 e. The van der Waals surface area contributed by atoms with E-state index in [0.717, 1.165) is 42.4 Å². The first-order chi connectivity index (χ1) is 13.2. The van der Waals surface area contributed by atoms with Gasteiger partial charge in [0.2, 0.25) is 0 Å². The predicted molar refractivity (Wildman–Crippen MR) is 112 cm³/mol. The van der Waals surface area contributed by atoms with Crippen LogP contribution in [0.15, 0.2) is 60.8 Å². The van der Waals surface area contributed by atoms with Crippen molar-refractivity contribution in [2.75, 3.05) is 0 Å². The molecule has 0 saturated carbocycles. The van der Waals surface area contributed by atoms with Crippen molar-refractivity contribution in [2.24, 2.45) is 0 Å². The second kappa shape index (κ2) is 9.45. The summed E-state index contributed by atoms with van der Waals surface area (Å²) >= 11 is 0. The number of hydrogen-bond acceptors (Lipinski definition) is 1. The van der Waals surface area contributed by atoms with Crippen LogP contribution < -0.4 is 0 Å². The lowest BCUT2D eigenvalue weighted by Gasteiger charge is -2.08. The summed E-state index contributed by atoms with van der Waals surface area (Å²) in [5.41, 5.74) is 5.87. The zero-order valence-corrected chi connectivity index (χ0v) is 16.3. The lowest BCUT2D eigenvalue weighted by Crippen LogP contribution is -1.92. The Morgan fingerprint density at radius 3 is 1.96 bits per heavy atom. The topological polar surface area (TPSA) is 12.9 Å². The largest absolute Gasteiger partial charge is 0.256 e. The average Bonchev–Trinajstić information content (AvgIpc) is 2.71. The minimum atomic E-state index is -0.191. The maximum atomic E-state index is 14.5. The van der Waals surface area contributed by atoms with E-state index in [-0.39, 0.29) is 5.82 Å². The summed E-state index contributed by atoms with van der Waals surface area (Å²) in [6.07, 6.45) is 8.52. The molecule has 1 heterocycles. The van der Waals surface area contributed by atoms with Gasteiger partial charge in [-0.05, 0) is 60.6 Å². The maximum absolute atomic E-state index is 14.5. The van der Waals surface area contributed by atoms with Gasteiger partial charge in [-0.2, -0.15) is 0 Å². The number of nitrogens with zero attached hydrogens (tertiary/aromatic N) is 1. The molecule has 27 heavy (non-hydrogen) atoms. The highest BCUT2D eigenvalue weighted by molar-refractivity contribution is 5.67. The number of unbranched alkanes of at least 4 members (excludes halogenated alkanes) is 2. The van der Waals surface area contributed by atoms with E-state index >= 15 is 0 Å². The molecule has 3 rings (SSSR count). The normalized spacial score (nSPS) is 10.9. The summed E-state index contributed by atoms with van der Waals surface area (Å²) in [7, 11) is 0. The van der Waals surface area contributed by atoms with Crippen molar-refractivity contribution < 1.29 is 4.39 Å². The van der Waals surface area contributed by atoms with E-state index in [1.807, 2.05) is 30.5 Å². The molecule has 3 aromatic rings. The SMILES string of the molecule is CCCCc1ccc(-c2ccc(-c3ccc(CCCC)cc3F)nc2)cc1. The molecule has 0 radical (unpaired) electrons. The van der Waals surface area contributed by atoms with E-state index in [1.165, 1.54) is 18.4 Å². The second-order valence-electron chi connectivity index (χ2n) is 7.15. The molecule has 2 aromatic carbocycles. The fraction of sp³-hybridized carbons (Fsp3) is 0.320. The van der Waals surface area contributed by atoms with Crippen molar-refractivity contribution in [1.29, 1.82) is 0 Å². The van der Waals surface area contributed by atoms with Crippen LogP contribution in [0.5, 0.6) is 0 Å². The summed E-state index contributed by atoms with van der Waals surface area (Å²) < 4.78 is 14.5. The van der Waals surface area contributed by atoms with Gasteiger partial charge in [-0.15, -0.1) is 0 Å². The van der Waals surface area contributed by atoms with Crippen LogP contribution in [-0.4, -0.2) is 4.98 Å². The molecular formula is C25H28FN. The minimum Gasteiger partial charge on any atom is -0.256 e. The van der Waals surface area contributed by atoms with Gasteiger partial charge in [0, 0.05) is 17.3 Å². The van der Waals surface area contributed by atoms with Crippen LogP contribution >= 0.6 is 0 Å². The van der Waals surface area contributed by atoms with Crippen LogP contribution in [0.25, 0.3) is 22.4 Å². The number of pyridine rings is 1. The molecule has 1 aromatic heterocycles. The Morgan fingerprint density at radius 1 is 0.741 bits per heavy atom. The van der Waals surface area contributed by atoms with Gasteiger partial charge < -0.3 is 0 Å². The third-order valence-corrected chi connectivity index (χ3v) is 5.00. The number of hydrogen-bond donors (Lipinski definition) is 0. The van der Waals surface area contributed by atoms with E-state index in [1.54, 1.807) is 6.07 Å². The van der Waals surface area contributed by atoms with E-state index in [2.05, 4.69) is 43.1 Å². The van der Waals surface area contributed by atoms with Gasteiger partial charge in [-0.3, -0.25) is 4.98 Å². The molecule has 2 heteroatoms. The molecule has 0 amide bonds. The average molecular weight is 362 g/mol. The fourth-order valence-corrected chi connectivity index (χ4v) is 3.27. The quantitative estimate of drug-likeness (QED) is 0.412. The Bertz CT molecular complexity index is 850. The molecule has 0 aliphatic heterocycles. The molecule has 0 aliphatic rings. The first-order valence-electron chi connectivity index (χ1n) is 10.1. The number of aryl methyl sites for hydroxylation is 2. The summed E-state index contributed by atoms with van der Waals surface area (Å²) in [6, 6.07) is 18.1. The van der Waals surface area contributed by atoms with E-state index in [0.29, 0.717) is 11.3 Å². The van der Waals surface area contributed by atoms with Crippen molar-refractivity contribution in [3.8, 4) is 22.4 Å². The summed E-state index contributed by atoms with van der Waals surface area (Å²) in [5, 5.41) is 0. The third kappa shape index (κ3) is 5.03. The van der Waals surface area contributed by atoms with Gasteiger partial charge >= 0.3 is 0 Å². The van der Waals surface area contributed by atoms with Crippen molar-refractivity contribution in [3.63, 3.8) is 0 Å². The second-order valence-corrected chi connectivity index (χ2v) is 7.15. The highest BCUT2D eigenvalue weighted by Crippen LogP contribution is 2.26. The molecule has 0 spiro atoms. The minimum absolute atomic E-state index is 0.191. The lowest BCUT2D eigenvalue weighted by molar-refractivity contribution is 0.627. The Balaban J connectivity index is 1.75. The van der Waals surface area contributed by atoms with E-state index in [9.17, 15) is 4.39 Å². The Hall–Kier alpha value is -2.48. The Morgan fingerprint density at radius 2 is 1.37 bits per heavy atom. The molecule has 0 fully saturated rings. The zero-order valence-electron chi connectivity index (χ0n) is 16.3. The zero-order chi connectivity index (χ0) is 19.1. The molecule has 0 bridgehead atoms. The van der Waals surface area contributed by atoms with Crippen molar-refractivity contribution in [2.45, 2.75) is 52.4 Å². The molecule has 0 unspecified atom stereocenters. The standard InChI is InChI=1S/C25H28FN/c1-3-5-7-19-9-12-21(13-10-19)22-14-16-25(27-18-22)23-15-11-20(8-6-4-2)17-24(23)26/h9-18H,3-8H2,1-2H3. The molecular weight excluding hydrogens is 333 g/mol.